The summed E-state index contributed by atoms with van der Waals surface area (Å²) in [7, 11) is -3.68. The fourth-order valence-electron chi connectivity index (χ4n) is 3.55. The van der Waals surface area contributed by atoms with E-state index in [4.69, 9.17) is 9.05 Å². The van der Waals surface area contributed by atoms with Gasteiger partial charge in [0.2, 0.25) is 0 Å². The van der Waals surface area contributed by atoms with Crippen LogP contribution >= 0.6 is 7.60 Å². The molecular weight excluding hydrogens is 391 g/mol. The molecule has 3 aromatic carbocycles. The third kappa shape index (κ3) is 4.96. The molecule has 4 heteroatoms. The highest BCUT2D eigenvalue weighted by atomic mass is 31.2. The first-order valence-electron chi connectivity index (χ1n) is 10.7. The molecule has 0 fully saturated rings. The van der Waals surface area contributed by atoms with E-state index in [2.05, 4.69) is 13.8 Å². The molecule has 0 saturated carbocycles. The summed E-state index contributed by atoms with van der Waals surface area (Å²) in [6.45, 7) is 8.23. The van der Waals surface area contributed by atoms with Gasteiger partial charge >= 0.3 is 7.60 Å². The lowest BCUT2D eigenvalue weighted by Gasteiger charge is -2.24. The molecule has 3 nitrogen and oxygen atoms in total. The largest absolute Gasteiger partial charge is 0.463 e. The quantitative estimate of drug-likeness (QED) is 0.343. The van der Waals surface area contributed by atoms with Crippen LogP contribution in [-0.2, 0) is 17.4 Å². The second-order valence-electron chi connectivity index (χ2n) is 7.61. The summed E-state index contributed by atoms with van der Waals surface area (Å²) in [6.07, 6.45) is 3.67. The Morgan fingerprint density at radius 2 is 1.20 bits per heavy atom. The van der Waals surface area contributed by atoms with Gasteiger partial charge in [-0.1, -0.05) is 75.2 Å². The van der Waals surface area contributed by atoms with Crippen molar-refractivity contribution in [1.29, 1.82) is 0 Å². The maximum Gasteiger partial charge on any atom is 0.463 e. The fourth-order valence-corrected chi connectivity index (χ4v) is 5.51. The van der Waals surface area contributed by atoms with Gasteiger partial charge in [0.15, 0.2) is 0 Å². The molecule has 30 heavy (non-hydrogen) atoms. The van der Waals surface area contributed by atoms with E-state index in [1.54, 1.807) is 0 Å². The molecule has 0 N–H and O–H groups in total. The number of para-hydroxylation sites is 2. The zero-order valence-corrected chi connectivity index (χ0v) is 19.2. The maximum absolute atomic E-state index is 14.4. The van der Waals surface area contributed by atoms with Crippen molar-refractivity contribution in [3.8, 4) is 11.5 Å². The van der Waals surface area contributed by atoms with Crippen LogP contribution in [0.4, 0.5) is 0 Å². The molecule has 3 aromatic rings. The fraction of sp³-hybridized carbons (Fsp3) is 0.308. The van der Waals surface area contributed by atoms with Crippen LogP contribution in [0.5, 0.6) is 11.5 Å². The van der Waals surface area contributed by atoms with Crippen LogP contribution < -0.4 is 14.4 Å². The van der Waals surface area contributed by atoms with Crippen LogP contribution in [0.2, 0.25) is 0 Å². The van der Waals surface area contributed by atoms with Crippen molar-refractivity contribution < 1.29 is 13.6 Å². The summed E-state index contributed by atoms with van der Waals surface area (Å²) in [5, 5.41) is 0.611. The van der Waals surface area contributed by atoms with Gasteiger partial charge in [0.1, 0.15) is 11.5 Å². The van der Waals surface area contributed by atoms with Crippen molar-refractivity contribution in [3.05, 3.63) is 89.0 Å². The lowest BCUT2D eigenvalue weighted by molar-refractivity contribution is 0.395. The molecule has 0 saturated heterocycles. The minimum absolute atomic E-state index is 0.611. The van der Waals surface area contributed by atoms with Gasteiger partial charge in [-0.15, -0.1) is 0 Å². The summed E-state index contributed by atoms with van der Waals surface area (Å²) in [6, 6.07) is 21.4. The maximum atomic E-state index is 14.4. The Kier molecular flexibility index (Phi) is 7.39. The Hall–Kier alpha value is -2.51. The minimum Gasteiger partial charge on any atom is -0.413 e. The molecule has 0 radical (unpaired) electrons. The molecule has 0 aliphatic heterocycles. The first-order valence-corrected chi connectivity index (χ1v) is 12.2. The third-order valence-corrected chi connectivity index (χ3v) is 7.24. The first kappa shape index (κ1) is 22.2. The normalized spacial score (nSPS) is 11.3. The Bertz CT molecular complexity index is 986. The first-order chi connectivity index (χ1) is 14.5. The van der Waals surface area contributed by atoms with E-state index in [1.165, 1.54) is 0 Å². The standard InChI is InChI=1S/C26H31O3P/c1-5-12-22-15-7-9-17-24(22)28-30(27,26-19-11-14-20(3)21(26)4)29-25-18-10-8-16-23(25)13-6-2/h7-11,14-19H,5-6,12-13H2,1-4H3. The molecule has 0 aliphatic rings. The molecule has 3 rings (SSSR count). The van der Waals surface area contributed by atoms with Gasteiger partial charge in [-0.25, -0.2) is 4.57 Å². The van der Waals surface area contributed by atoms with Crippen molar-refractivity contribution in [2.75, 3.05) is 0 Å². The number of hydrogen-bond donors (Lipinski definition) is 0. The number of rotatable bonds is 9. The highest BCUT2D eigenvalue weighted by Gasteiger charge is 2.34. The monoisotopic (exact) mass is 422 g/mol. The van der Waals surface area contributed by atoms with Gasteiger partial charge in [0.25, 0.3) is 0 Å². The van der Waals surface area contributed by atoms with E-state index in [9.17, 15) is 4.57 Å². The predicted molar refractivity (Wildman–Crippen MR) is 125 cm³/mol. The van der Waals surface area contributed by atoms with Crippen LogP contribution in [0.25, 0.3) is 0 Å². The molecule has 0 heterocycles. The molecule has 0 atom stereocenters. The van der Waals surface area contributed by atoms with Crippen molar-refractivity contribution >= 4 is 12.9 Å². The van der Waals surface area contributed by atoms with Crippen LogP contribution in [0.1, 0.15) is 48.9 Å². The predicted octanol–water partition coefficient (Wildman–Crippen LogP) is 7.18. The topological polar surface area (TPSA) is 35.5 Å². The molecule has 0 bridgehead atoms. The highest BCUT2D eigenvalue weighted by Crippen LogP contribution is 2.50. The van der Waals surface area contributed by atoms with Crippen molar-refractivity contribution in [1.82, 2.24) is 0 Å². The van der Waals surface area contributed by atoms with Crippen molar-refractivity contribution in [3.63, 3.8) is 0 Å². The summed E-state index contributed by atoms with van der Waals surface area (Å²) >= 11 is 0. The smallest absolute Gasteiger partial charge is 0.413 e. The average Bonchev–Trinajstić information content (AvgIpc) is 2.73. The van der Waals surface area contributed by atoms with E-state index in [1.807, 2.05) is 80.6 Å². The number of benzene rings is 3. The lowest BCUT2D eigenvalue weighted by atomic mass is 10.1. The van der Waals surface area contributed by atoms with E-state index in [-0.39, 0.29) is 0 Å². The number of hydrogen-bond acceptors (Lipinski definition) is 3. The van der Waals surface area contributed by atoms with E-state index in [0.29, 0.717) is 16.8 Å². The molecule has 0 amide bonds. The van der Waals surface area contributed by atoms with Gasteiger partial charge in [0, 0.05) is 0 Å². The third-order valence-electron chi connectivity index (χ3n) is 5.29. The summed E-state index contributed by atoms with van der Waals surface area (Å²) in [5.41, 5.74) is 4.07. The van der Waals surface area contributed by atoms with Crippen molar-refractivity contribution in [2.45, 2.75) is 53.4 Å². The second-order valence-corrected chi connectivity index (χ2v) is 9.46. The Labute approximate surface area is 180 Å². The summed E-state index contributed by atoms with van der Waals surface area (Å²) in [4.78, 5) is 0. The van der Waals surface area contributed by atoms with Crippen LogP contribution in [-0.4, -0.2) is 0 Å². The average molecular weight is 423 g/mol. The van der Waals surface area contributed by atoms with E-state index in [0.717, 1.165) is 47.9 Å². The van der Waals surface area contributed by atoms with Crippen molar-refractivity contribution in [2.24, 2.45) is 0 Å². The second kappa shape index (κ2) is 10.00. The van der Waals surface area contributed by atoms with Gasteiger partial charge in [0.05, 0.1) is 5.30 Å². The lowest BCUT2D eigenvalue weighted by Crippen LogP contribution is -2.19. The molecule has 0 aliphatic carbocycles. The van der Waals surface area contributed by atoms with Crippen LogP contribution in [0.15, 0.2) is 66.7 Å². The van der Waals surface area contributed by atoms with Gasteiger partial charge in [-0.3, -0.25) is 0 Å². The summed E-state index contributed by atoms with van der Waals surface area (Å²) < 4.78 is 27.0. The zero-order valence-electron chi connectivity index (χ0n) is 18.4. The molecule has 0 unspecified atom stereocenters. The zero-order chi connectivity index (χ0) is 21.6. The van der Waals surface area contributed by atoms with E-state index < -0.39 is 7.60 Å². The molecule has 0 spiro atoms. The van der Waals surface area contributed by atoms with Gasteiger partial charge < -0.3 is 9.05 Å². The molecular formula is C26H31O3P. The SMILES string of the molecule is CCCc1ccccc1OP(=O)(Oc1ccccc1CCC)c1cccc(C)c1C. The van der Waals surface area contributed by atoms with Gasteiger partial charge in [-0.05, 0) is 67.1 Å². The Morgan fingerprint density at radius 1 is 0.700 bits per heavy atom. The summed E-state index contributed by atoms with van der Waals surface area (Å²) in [5.74, 6) is 1.24. The highest BCUT2D eigenvalue weighted by molar-refractivity contribution is 7.63. The molecule has 158 valence electrons. The molecule has 0 aromatic heterocycles. The minimum atomic E-state index is -3.68. The van der Waals surface area contributed by atoms with Crippen LogP contribution in [0, 0.1) is 13.8 Å². The van der Waals surface area contributed by atoms with Gasteiger partial charge in [-0.2, -0.15) is 0 Å². The van der Waals surface area contributed by atoms with E-state index >= 15 is 0 Å². The Balaban J connectivity index is 2.11. The van der Waals surface area contributed by atoms with Crippen LogP contribution in [0.3, 0.4) is 0 Å². The number of aryl methyl sites for hydroxylation is 3. The Morgan fingerprint density at radius 3 is 1.70 bits per heavy atom.